The summed E-state index contributed by atoms with van der Waals surface area (Å²) >= 11 is 0. The first-order chi connectivity index (χ1) is 32.7. The number of rotatable bonds is 5. The van der Waals surface area contributed by atoms with E-state index >= 15 is 0 Å². The van der Waals surface area contributed by atoms with Gasteiger partial charge in [0.2, 0.25) is 0 Å². The Balaban J connectivity index is 1.11. The van der Waals surface area contributed by atoms with E-state index in [1.54, 1.807) is 0 Å². The van der Waals surface area contributed by atoms with E-state index in [-0.39, 0.29) is 0 Å². The Morgan fingerprint density at radius 2 is 0.970 bits per heavy atom. The van der Waals surface area contributed by atoms with Gasteiger partial charge in [0.1, 0.15) is 11.2 Å². The smallest absolute Gasteiger partial charge is 0.164 e. The van der Waals surface area contributed by atoms with E-state index in [4.69, 9.17) is 19.4 Å². The molecule has 3 heterocycles. The van der Waals surface area contributed by atoms with Crippen LogP contribution in [0.15, 0.2) is 223 Å². The third kappa shape index (κ3) is 5.57. The van der Waals surface area contributed by atoms with Crippen molar-refractivity contribution in [3.05, 3.63) is 218 Å². The molecule has 0 unspecified atom stereocenters. The molecule has 0 amide bonds. The minimum absolute atomic E-state index is 0.584. The molecule has 0 saturated heterocycles. The van der Waals surface area contributed by atoms with Crippen molar-refractivity contribution >= 4 is 86.8 Å². The van der Waals surface area contributed by atoms with Crippen LogP contribution in [0.1, 0.15) is 0 Å². The zero-order valence-corrected chi connectivity index (χ0v) is 35.5. The Kier molecular flexibility index (Phi) is 7.91. The van der Waals surface area contributed by atoms with Crippen molar-refractivity contribution in [2.45, 2.75) is 0 Å². The first-order valence-corrected chi connectivity index (χ1v) is 22.3. The Bertz CT molecular complexity index is 4300. The van der Waals surface area contributed by atoms with Crippen molar-refractivity contribution in [2.24, 2.45) is 0 Å². The van der Waals surface area contributed by atoms with Crippen LogP contribution in [0.2, 0.25) is 0 Å². The summed E-state index contributed by atoms with van der Waals surface area (Å²) in [5.74, 6) is 1.80. The van der Waals surface area contributed by atoms with Gasteiger partial charge in [0.25, 0.3) is 0 Å². The molecule has 3 aromatic heterocycles. The van der Waals surface area contributed by atoms with E-state index in [1.807, 2.05) is 24.3 Å². The highest BCUT2D eigenvalue weighted by atomic mass is 16.3. The Hall–Kier alpha value is -8.93. The molecule has 0 aliphatic heterocycles. The maximum absolute atomic E-state index is 6.71. The second kappa shape index (κ2) is 14.3. The first kappa shape index (κ1) is 36.5. The molecule has 14 rings (SSSR count). The average Bonchev–Trinajstić information content (AvgIpc) is 3.91. The third-order valence-corrected chi connectivity index (χ3v) is 13.4. The molecule has 0 saturated carbocycles. The Morgan fingerprint density at radius 1 is 0.318 bits per heavy atom. The van der Waals surface area contributed by atoms with Gasteiger partial charge >= 0.3 is 0 Å². The van der Waals surface area contributed by atoms with Gasteiger partial charge < -0.3 is 8.98 Å². The summed E-state index contributed by atoms with van der Waals surface area (Å²) in [6.07, 6.45) is 0. The minimum atomic E-state index is 0.584. The fourth-order valence-corrected chi connectivity index (χ4v) is 10.4. The maximum Gasteiger partial charge on any atom is 0.164 e. The van der Waals surface area contributed by atoms with Crippen LogP contribution in [0.5, 0.6) is 0 Å². The van der Waals surface area contributed by atoms with Crippen molar-refractivity contribution in [1.29, 1.82) is 0 Å². The fourth-order valence-electron chi connectivity index (χ4n) is 10.4. The molecule has 5 nitrogen and oxygen atoms in total. The van der Waals surface area contributed by atoms with Gasteiger partial charge in [0, 0.05) is 49.5 Å². The summed E-state index contributed by atoms with van der Waals surface area (Å²) < 4.78 is 9.12. The van der Waals surface area contributed by atoms with Gasteiger partial charge in [0.05, 0.1) is 11.0 Å². The number of nitrogens with zero attached hydrogens (tertiary/aromatic N) is 4. The SMILES string of the molecule is c1ccc(-c2nc(-c3ccc(-n4c5ccccc5c5cc6ccccc6cc54)cc3-c3c4ccccc4cc4oc5ccccc5c34)nc(-c3cccc4c3ccc3ccccc34)n2)cc1. The number of furan rings is 1. The summed E-state index contributed by atoms with van der Waals surface area (Å²) in [6, 6.07) is 77.5. The van der Waals surface area contributed by atoms with Gasteiger partial charge in [-0.1, -0.05) is 170 Å². The van der Waals surface area contributed by atoms with Gasteiger partial charge in [-0.25, -0.2) is 15.0 Å². The summed E-state index contributed by atoms with van der Waals surface area (Å²) in [5.41, 5.74) is 9.78. The van der Waals surface area contributed by atoms with Crippen LogP contribution in [-0.4, -0.2) is 19.5 Å². The normalized spacial score (nSPS) is 11.9. The minimum Gasteiger partial charge on any atom is -0.456 e. The lowest BCUT2D eigenvalue weighted by Crippen LogP contribution is -2.03. The number of hydrogen-bond donors (Lipinski definition) is 0. The van der Waals surface area contributed by atoms with Crippen LogP contribution >= 0.6 is 0 Å². The van der Waals surface area contributed by atoms with Gasteiger partial charge in [0.15, 0.2) is 17.5 Å². The Labute approximate surface area is 378 Å². The number of para-hydroxylation sites is 2. The number of benzene rings is 11. The Morgan fingerprint density at radius 3 is 1.82 bits per heavy atom. The highest BCUT2D eigenvalue weighted by molar-refractivity contribution is 6.22. The molecular formula is C61H36N4O. The number of aromatic nitrogens is 4. The maximum atomic E-state index is 6.71. The van der Waals surface area contributed by atoms with Gasteiger partial charge in [-0.3, -0.25) is 0 Å². The van der Waals surface area contributed by atoms with E-state index in [9.17, 15) is 0 Å². The monoisotopic (exact) mass is 840 g/mol. The van der Waals surface area contributed by atoms with Crippen LogP contribution < -0.4 is 0 Å². The summed E-state index contributed by atoms with van der Waals surface area (Å²) in [7, 11) is 0. The van der Waals surface area contributed by atoms with E-state index in [0.29, 0.717) is 17.5 Å². The van der Waals surface area contributed by atoms with Crippen molar-refractivity contribution < 1.29 is 4.42 Å². The molecular weight excluding hydrogens is 805 g/mol. The summed E-state index contributed by atoms with van der Waals surface area (Å²) in [4.78, 5) is 16.2. The van der Waals surface area contributed by atoms with Crippen molar-refractivity contribution in [3.8, 4) is 51.0 Å². The van der Waals surface area contributed by atoms with Gasteiger partial charge in [-0.05, 0) is 97.2 Å². The topological polar surface area (TPSA) is 56.7 Å². The van der Waals surface area contributed by atoms with Crippen LogP contribution in [0.4, 0.5) is 0 Å². The zero-order valence-electron chi connectivity index (χ0n) is 35.5. The molecule has 0 atom stereocenters. The van der Waals surface area contributed by atoms with E-state index in [2.05, 4.69) is 199 Å². The molecule has 0 fully saturated rings. The molecule has 0 aliphatic rings. The van der Waals surface area contributed by atoms with Crippen LogP contribution in [0.3, 0.4) is 0 Å². The average molecular weight is 841 g/mol. The van der Waals surface area contributed by atoms with Crippen LogP contribution in [-0.2, 0) is 0 Å². The standard InChI is InChI=1S/C61H36N4O/c1-2-16-38(17-3-1)59-62-60(48-26-14-25-45-43-21-8-6-15-37(43)29-31-46(45)48)64-61(63-59)49-32-30-42(65-53-27-12-10-23-47(53)51-33-39-18-4-5-19-40(39)34-54(51)65)36-52(49)57-44-22-9-7-20-41(44)35-56-58(57)50-24-11-13-28-55(50)66-56/h1-36H. The summed E-state index contributed by atoms with van der Waals surface area (Å²) in [5, 5.41) is 13.7. The fraction of sp³-hybridized carbons (Fsp3) is 0. The predicted molar refractivity (Wildman–Crippen MR) is 273 cm³/mol. The number of hydrogen-bond acceptors (Lipinski definition) is 4. The third-order valence-electron chi connectivity index (χ3n) is 13.4. The van der Waals surface area contributed by atoms with E-state index in [1.165, 1.54) is 32.3 Å². The first-order valence-electron chi connectivity index (χ1n) is 22.3. The molecule has 5 heteroatoms. The highest BCUT2D eigenvalue weighted by Crippen LogP contribution is 2.46. The molecule has 0 bridgehead atoms. The molecule has 306 valence electrons. The quantitative estimate of drug-likeness (QED) is 0.162. The molecule has 11 aromatic carbocycles. The highest BCUT2D eigenvalue weighted by Gasteiger charge is 2.24. The van der Waals surface area contributed by atoms with E-state index < -0.39 is 0 Å². The molecule has 66 heavy (non-hydrogen) atoms. The van der Waals surface area contributed by atoms with Crippen molar-refractivity contribution in [2.75, 3.05) is 0 Å². The molecule has 14 aromatic rings. The van der Waals surface area contributed by atoms with Gasteiger partial charge in [-0.2, -0.15) is 0 Å². The molecule has 0 radical (unpaired) electrons. The lowest BCUT2D eigenvalue weighted by Gasteiger charge is -2.18. The van der Waals surface area contributed by atoms with Crippen LogP contribution in [0, 0.1) is 0 Å². The van der Waals surface area contributed by atoms with Gasteiger partial charge in [-0.15, -0.1) is 0 Å². The van der Waals surface area contributed by atoms with E-state index in [0.717, 1.165) is 88.0 Å². The van der Waals surface area contributed by atoms with Crippen molar-refractivity contribution in [3.63, 3.8) is 0 Å². The second-order valence-electron chi connectivity index (χ2n) is 17.1. The lowest BCUT2D eigenvalue weighted by atomic mass is 9.90. The van der Waals surface area contributed by atoms with Crippen molar-refractivity contribution in [1.82, 2.24) is 19.5 Å². The predicted octanol–water partition coefficient (Wildman–Crippen LogP) is 16.1. The zero-order chi connectivity index (χ0) is 43.3. The van der Waals surface area contributed by atoms with Crippen LogP contribution in [0.25, 0.3) is 138 Å². The largest absolute Gasteiger partial charge is 0.456 e. The second-order valence-corrected chi connectivity index (χ2v) is 17.1. The lowest BCUT2D eigenvalue weighted by molar-refractivity contribution is 0.669. The molecule has 0 spiro atoms. The number of fused-ring (bicyclic) bond motifs is 11. The molecule has 0 N–H and O–H groups in total. The summed E-state index contributed by atoms with van der Waals surface area (Å²) in [6.45, 7) is 0. The molecule has 0 aliphatic carbocycles.